The van der Waals surface area contributed by atoms with E-state index in [2.05, 4.69) is 12.2 Å². The number of amides is 1. The van der Waals surface area contributed by atoms with Gasteiger partial charge in [0.2, 0.25) is 0 Å². The van der Waals surface area contributed by atoms with E-state index in [1.807, 2.05) is 18.2 Å². The molecule has 1 aromatic carbocycles. The summed E-state index contributed by atoms with van der Waals surface area (Å²) in [5, 5.41) is 3.80. The lowest BCUT2D eigenvalue weighted by atomic mass is 9.84. The fourth-order valence-corrected chi connectivity index (χ4v) is 4.52. The number of fused-ring (bicyclic) bond motifs is 3. The van der Waals surface area contributed by atoms with Crippen molar-refractivity contribution in [3.63, 3.8) is 0 Å². The van der Waals surface area contributed by atoms with Gasteiger partial charge in [0.1, 0.15) is 11.1 Å². The molecule has 4 heteroatoms. The van der Waals surface area contributed by atoms with Gasteiger partial charge in [-0.1, -0.05) is 24.6 Å². The number of nitrogens with one attached hydrogen (secondary N) is 1. The van der Waals surface area contributed by atoms with Crippen LogP contribution in [0.25, 0.3) is 11.0 Å². The van der Waals surface area contributed by atoms with Crippen LogP contribution < -0.4 is 10.9 Å². The van der Waals surface area contributed by atoms with Crippen molar-refractivity contribution in [1.29, 1.82) is 0 Å². The first-order valence-corrected chi connectivity index (χ1v) is 8.45. The molecule has 0 spiro atoms. The highest BCUT2D eigenvalue weighted by molar-refractivity contribution is 5.96. The second kappa shape index (κ2) is 5.52. The molecule has 2 aliphatic rings. The van der Waals surface area contributed by atoms with Crippen LogP contribution in [0.5, 0.6) is 0 Å². The van der Waals surface area contributed by atoms with Crippen LogP contribution in [0.4, 0.5) is 0 Å². The molecule has 2 aliphatic carbocycles. The summed E-state index contributed by atoms with van der Waals surface area (Å²) < 4.78 is 5.25. The Bertz CT molecular complexity index is 810. The van der Waals surface area contributed by atoms with Crippen LogP contribution in [-0.4, -0.2) is 11.9 Å². The average molecular weight is 311 g/mol. The number of benzene rings is 1. The SMILES string of the molecule is CC(NC(=O)c1cc2ccccc2oc1=O)C1CC2CCC1C2. The van der Waals surface area contributed by atoms with E-state index in [1.165, 1.54) is 25.7 Å². The number of rotatable bonds is 3. The Balaban J connectivity index is 1.55. The normalized spacial score (nSPS) is 27.3. The van der Waals surface area contributed by atoms with Crippen LogP contribution in [0.1, 0.15) is 43.0 Å². The van der Waals surface area contributed by atoms with Crippen LogP contribution >= 0.6 is 0 Å². The maximum Gasteiger partial charge on any atom is 0.349 e. The van der Waals surface area contributed by atoms with Crippen molar-refractivity contribution >= 4 is 16.9 Å². The van der Waals surface area contributed by atoms with Gasteiger partial charge >= 0.3 is 5.63 Å². The number of carbonyl (C=O) groups is 1. The summed E-state index contributed by atoms with van der Waals surface area (Å²) in [6, 6.07) is 8.97. The molecule has 4 nitrogen and oxygen atoms in total. The molecule has 1 amide bonds. The first-order valence-electron chi connectivity index (χ1n) is 8.45. The van der Waals surface area contributed by atoms with Gasteiger partial charge in [0.05, 0.1) is 0 Å². The van der Waals surface area contributed by atoms with Gasteiger partial charge in [-0.15, -0.1) is 0 Å². The van der Waals surface area contributed by atoms with Crippen molar-refractivity contribution in [2.45, 2.75) is 38.6 Å². The fourth-order valence-electron chi connectivity index (χ4n) is 4.52. The molecule has 0 radical (unpaired) electrons. The number of hydrogen-bond donors (Lipinski definition) is 1. The first-order chi connectivity index (χ1) is 11.1. The van der Waals surface area contributed by atoms with Crippen LogP contribution in [0, 0.1) is 17.8 Å². The van der Waals surface area contributed by atoms with Crippen molar-refractivity contribution in [2.75, 3.05) is 0 Å². The lowest BCUT2D eigenvalue weighted by Gasteiger charge is -2.28. The summed E-state index contributed by atoms with van der Waals surface area (Å²) in [7, 11) is 0. The molecule has 120 valence electrons. The summed E-state index contributed by atoms with van der Waals surface area (Å²) >= 11 is 0. The molecular formula is C19H21NO3. The summed E-state index contributed by atoms with van der Waals surface area (Å²) in [5.74, 6) is 1.81. The quantitative estimate of drug-likeness (QED) is 0.884. The molecule has 2 fully saturated rings. The topological polar surface area (TPSA) is 59.3 Å². The van der Waals surface area contributed by atoms with Gasteiger partial charge in [-0.2, -0.15) is 0 Å². The Morgan fingerprint density at radius 3 is 2.83 bits per heavy atom. The fraction of sp³-hybridized carbons (Fsp3) is 0.474. The largest absolute Gasteiger partial charge is 0.422 e. The maximum atomic E-state index is 12.5. The van der Waals surface area contributed by atoms with Gasteiger partial charge in [-0.25, -0.2) is 4.79 Å². The molecule has 4 unspecified atom stereocenters. The number of carbonyl (C=O) groups excluding carboxylic acids is 1. The average Bonchev–Trinajstić information content (AvgIpc) is 3.17. The lowest BCUT2D eigenvalue weighted by Crippen LogP contribution is -2.41. The first kappa shape index (κ1) is 14.5. The van der Waals surface area contributed by atoms with Gasteiger partial charge in [0, 0.05) is 11.4 Å². The Labute approximate surface area is 134 Å². The minimum Gasteiger partial charge on any atom is -0.422 e. The highest BCUT2D eigenvalue weighted by Crippen LogP contribution is 2.49. The number of hydrogen-bond acceptors (Lipinski definition) is 3. The molecule has 23 heavy (non-hydrogen) atoms. The standard InChI is InChI=1S/C19H21NO3/c1-11(15-9-12-6-7-13(15)8-12)20-18(21)16-10-14-4-2-3-5-17(14)23-19(16)22/h2-5,10-13,15H,6-9H2,1H3,(H,20,21). The van der Waals surface area contributed by atoms with Gasteiger partial charge in [0.25, 0.3) is 5.91 Å². The maximum absolute atomic E-state index is 12.5. The third-order valence-electron chi connectivity index (χ3n) is 5.68. The zero-order valence-corrected chi connectivity index (χ0v) is 13.2. The Hall–Kier alpha value is -2.10. The molecule has 1 heterocycles. The van der Waals surface area contributed by atoms with E-state index in [1.54, 1.807) is 12.1 Å². The highest BCUT2D eigenvalue weighted by Gasteiger charge is 2.42. The van der Waals surface area contributed by atoms with Crippen LogP contribution in [-0.2, 0) is 0 Å². The number of para-hydroxylation sites is 1. The van der Waals surface area contributed by atoms with Crippen LogP contribution in [0.3, 0.4) is 0 Å². The van der Waals surface area contributed by atoms with Crippen molar-refractivity contribution in [1.82, 2.24) is 5.32 Å². The van der Waals surface area contributed by atoms with Crippen LogP contribution in [0.2, 0.25) is 0 Å². The van der Waals surface area contributed by atoms with Gasteiger partial charge in [-0.3, -0.25) is 4.79 Å². The second-order valence-electron chi connectivity index (χ2n) is 7.09. The van der Waals surface area contributed by atoms with E-state index in [0.29, 0.717) is 11.5 Å². The van der Waals surface area contributed by atoms with E-state index < -0.39 is 5.63 Å². The van der Waals surface area contributed by atoms with E-state index in [-0.39, 0.29) is 17.5 Å². The zero-order chi connectivity index (χ0) is 16.0. The molecule has 2 aromatic rings. The minimum atomic E-state index is -0.568. The van der Waals surface area contributed by atoms with Crippen molar-refractivity contribution < 1.29 is 9.21 Å². The Morgan fingerprint density at radius 2 is 2.09 bits per heavy atom. The highest BCUT2D eigenvalue weighted by atomic mass is 16.4. The predicted molar refractivity (Wildman–Crippen MR) is 88.4 cm³/mol. The van der Waals surface area contributed by atoms with Gasteiger partial charge in [-0.05, 0) is 56.1 Å². The summed E-state index contributed by atoms with van der Waals surface area (Å²) in [5.41, 5.74) is 0.0373. The molecule has 4 rings (SSSR count). The molecule has 1 aromatic heterocycles. The van der Waals surface area contributed by atoms with Crippen molar-refractivity contribution in [3.8, 4) is 0 Å². The smallest absolute Gasteiger partial charge is 0.349 e. The summed E-state index contributed by atoms with van der Waals surface area (Å²) in [6.07, 6.45) is 5.14. The van der Waals surface area contributed by atoms with E-state index in [9.17, 15) is 9.59 Å². The molecule has 2 bridgehead atoms. The third kappa shape index (κ3) is 2.56. The molecule has 2 saturated carbocycles. The molecule has 4 atom stereocenters. The molecular weight excluding hydrogens is 290 g/mol. The zero-order valence-electron chi connectivity index (χ0n) is 13.2. The van der Waals surface area contributed by atoms with Crippen molar-refractivity contribution in [3.05, 3.63) is 46.3 Å². The van der Waals surface area contributed by atoms with E-state index in [4.69, 9.17) is 4.42 Å². The second-order valence-corrected chi connectivity index (χ2v) is 7.09. The third-order valence-corrected chi connectivity index (χ3v) is 5.68. The Morgan fingerprint density at radius 1 is 1.26 bits per heavy atom. The molecule has 1 N–H and O–H groups in total. The van der Waals surface area contributed by atoms with Gasteiger partial charge in [0.15, 0.2) is 0 Å². The lowest BCUT2D eigenvalue weighted by molar-refractivity contribution is 0.0911. The van der Waals surface area contributed by atoms with E-state index >= 15 is 0 Å². The summed E-state index contributed by atoms with van der Waals surface area (Å²) in [6.45, 7) is 2.06. The van der Waals surface area contributed by atoms with Crippen molar-refractivity contribution in [2.24, 2.45) is 17.8 Å². The summed E-state index contributed by atoms with van der Waals surface area (Å²) in [4.78, 5) is 24.6. The predicted octanol–water partition coefficient (Wildman–Crippen LogP) is 3.35. The molecule has 0 aliphatic heterocycles. The van der Waals surface area contributed by atoms with Gasteiger partial charge < -0.3 is 9.73 Å². The minimum absolute atomic E-state index is 0.0960. The van der Waals surface area contributed by atoms with Crippen LogP contribution in [0.15, 0.2) is 39.5 Å². The van der Waals surface area contributed by atoms with E-state index in [0.717, 1.165) is 17.2 Å². The Kier molecular flexibility index (Phi) is 3.47. The molecule has 0 saturated heterocycles. The monoisotopic (exact) mass is 311 g/mol.